The van der Waals surface area contributed by atoms with Gasteiger partial charge in [0.25, 0.3) is 0 Å². The normalized spacial score (nSPS) is 15.7. The third-order valence-electron chi connectivity index (χ3n) is 3.66. The molecule has 0 spiro atoms. The molecule has 1 aromatic carbocycles. The number of thioether (sulfide) groups is 1. The van der Waals surface area contributed by atoms with E-state index >= 15 is 0 Å². The average Bonchev–Trinajstić information content (AvgIpc) is 3.10. The van der Waals surface area contributed by atoms with Crippen LogP contribution in [0.15, 0.2) is 56.7 Å². The molecule has 1 atom stereocenters. The van der Waals surface area contributed by atoms with Gasteiger partial charge in [-0.1, -0.05) is 34.6 Å². The highest BCUT2D eigenvalue weighted by atomic mass is 79.9. The van der Waals surface area contributed by atoms with Crippen LogP contribution in [0.2, 0.25) is 0 Å². The third-order valence-corrected chi connectivity index (χ3v) is 4.87. The Balaban J connectivity index is 1.76. The summed E-state index contributed by atoms with van der Waals surface area (Å²) in [5.41, 5.74) is 2.40. The molecular formula is C18H15BrN4O2S. The van der Waals surface area contributed by atoms with Crippen molar-refractivity contribution in [3.8, 4) is 17.1 Å². The van der Waals surface area contributed by atoms with Gasteiger partial charge in [-0.2, -0.15) is 4.98 Å². The van der Waals surface area contributed by atoms with Gasteiger partial charge in [0, 0.05) is 15.7 Å². The van der Waals surface area contributed by atoms with E-state index in [-0.39, 0.29) is 0 Å². The van der Waals surface area contributed by atoms with Gasteiger partial charge in [-0.3, -0.25) is 0 Å². The van der Waals surface area contributed by atoms with Gasteiger partial charge in [0.05, 0.1) is 6.26 Å². The first kappa shape index (κ1) is 17.1. The first-order valence-corrected chi connectivity index (χ1v) is 9.83. The number of furan rings is 1. The lowest BCUT2D eigenvalue weighted by Gasteiger charge is -2.15. The molecule has 6 nitrogen and oxygen atoms in total. The van der Waals surface area contributed by atoms with Gasteiger partial charge < -0.3 is 14.5 Å². The Morgan fingerprint density at radius 1 is 1.31 bits per heavy atom. The average molecular weight is 431 g/mol. The van der Waals surface area contributed by atoms with Crippen molar-refractivity contribution >= 4 is 39.5 Å². The summed E-state index contributed by atoms with van der Waals surface area (Å²) < 4.78 is 12.4. The molecule has 0 aliphatic carbocycles. The Labute approximate surface area is 163 Å². The Morgan fingerprint density at radius 3 is 3.04 bits per heavy atom. The second-order valence-corrected chi connectivity index (χ2v) is 7.58. The van der Waals surface area contributed by atoms with Crippen LogP contribution in [-0.2, 0) is 0 Å². The van der Waals surface area contributed by atoms with E-state index in [0.717, 1.165) is 27.2 Å². The van der Waals surface area contributed by atoms with Crippen molar-refractivity contribution in [1.82, 2.24) is 15.2 Å². The molecule has 0 amide bonds. The van der Waals surface area contributed by atoms with Crippen LogP contribution in [0.25, 0.3) is 17.3 Å². The summed E-state index contributed by atoms with van der Waals surface area (Å²) >= 11 is 5.04. The van der Waals surface area contributed by atoms with Crippen molar-refractivity contribution in [1.29, 1.82) is 0 Å². The monoisotopic (exact) mass is 430 g/mol. The van der Waals surface area contributed by atoms with E-state index in [0.29, 0.717) is 16.7 Å². The highest BCUT2D eigenvalue weighted by Gasteiger charge is 2.24. The fraction of sp³-hybridized carbons (Fsp3) is 0.167. The van der Waals surface area contributed by atoms with Gasteiger partial charge in [0.2, 0.25) is 11.0 Å². The molecular weight excluding hydrogens is 416 g/mol. The van der Waals surface area contributed by atoms with Crippen molar-refractivity contribution < 1.29 is 9.15 Å². The molecule has 3 aromatic rings. The molecule has 0 unspecified atom stereocenters. The number of nitrogens with zero attached hydrogens (tertiary/aromatic N) is 3. The maximum atomic E-state index is 6.08. The predicted molar refractivity (Wildman–Crippen MR) is 105 cm³/mol. The van der Waals surface area contributed by atoms with Crippen LogP contribution in [0.3, 0.4) is 0 Å². The topological polar surface area (TPSA) is 73.1 Å². The van der Waals surface area contributed by atoms with Crippen molar-refractivity contribution in [3.63, 3.8) is 0 Å². The second-order valence-electron chi connectivity index (χ2n) is 5.43. The first-order valence-electron chi connectivity index (χ1n) is 8.05. The van der Waals surface area contributed by atoms with Crippen molar-refractivity contribution in [2.45, 2.75) is 18.3 Å². The first-order chi connectivity index (χ1) is 12.7. The maximum absolute atomic E-state index is 6.08. The fourth-order valence-electron chi connectivity index (χ4n) is 2.54. The van der Waals surface area contributed by atoms with Crippen LogP contribution in [0.4, 0.5) is 5.69 Å². The number of fused-ring (bicyclic) bond motifs is 3. The van der Waals surface area contributed by atoms with E-state index in [4.69, 9.17) is 9.15 Å². The predicted octanol–water partition coefficient (Wildman–Crippen LogP) is 4.85. The van der Waals surface area contributed by atoms with Crippen LogP contribution >= 0.6 is 27.7 Å². The summed E-state index contributed by atoms with van der Waals surface area (Å²) in [5.74, 6) is 2.07. The van der Waals surface area contributed by atoms with Gasteiger partial charge in [-0.15, -0.1) is 10.2 Å². The molecule has 0 saturated carbocycles. The smallest absolute Gasteiger partial charge is 0.247 e. The Hall–Kier alpha value is -2.32. The lowest BCUT2D eigenvalue weighted by molar-refractivity contribution is 0.266. The number of aromatic nitrogens is 3. The minimum absolute atomic E-state index is 0.419. The SMILES string of the molecule is CCSc1nnc2c(n1)O[C@H](/C=C/c1ccco1)Nc1ccc(Br)cc1-2. The number of nitrogens with one attached hydrogen (secondary N) is 1. The molecule has 8 heteroatoms. The molecule has 26 heavy (non-hydrogen) atoms. The summed E-state index contributed by atoms with van der Waals surface area (Å²) in [4.78, 5) is 4.54. The van der Waals surface area contributed by atoms with Crippen LogP contribution in [0.5, 0.6) is 5.88 Å². The Morgan fingerprint density at radius 2 is 2.23 bits per heavy atom. The zero-order valence-electron chi connectivity index (χ0n) is 13.8. The van der Waals surface area contributed by atoms with Gasteiger partial charge in [0.1, 0.15) is 5.76 Å². The molecule has 2 aromatic heterocycles. The molecule has 3 heterocycles. The van der Waals surface area contributed by atoms with E-state index in [1.807, 2.05) is 49.4 Å². The summed E-state index contributed by atoms with van der Waals surface area (Å²) in [7, 11) is 0. The zero-order valence-corrected chi connectivity index (χ0v) is 16.3. The van der Waals surface area contributed by atoms with Gasteiger partial charge in [0.15, 0.2) is 11.9 Å². The minimum atomic E-state index is -0.419. The summed E-state index contributed by atoms with van der Waals surface area (Å²) in [6.45, 7) is 2.05. The minimum Gasteiger partial charge on any atom is -0.465 e. The van der Waals surface area contributed by atoms with E-state index in [9.17, 15) is 0 Å². The molecule has 0 bridgehead atoms. The summed E-state index contributed by atoms with van der Waals surface area (Å²) in [6, 6.07) is 9.64. The van der Waals surface area contributed by atoms with Crippen LogP contribution in [0, 0.1) is 0 Å². The van der Waals surface area contributed by atoms with Crippen molar-refractivity contribution in [2.24, 2.45) is 0 Å². The molecule has 1 aliphatic rings. The lowest BCUT2D eigenvalue weighted by atomic mass is 10.1. The molecule has 0 radical (unpaired) electrons. The molecule has 0 fully saturated rings. The van der Waals surface area contributed by atoms with Crippen LogP contribution in [-0.4, -0.2) is 27.2 Å². The molecule has 0 saturated heterocycles. The maximum Gasteiger partial charge on any atom is 0.247 e. The van der Waals surface area contributed by atoms with E-state index in [1.54, 1.807) is 6.26 Å². The number of halogens is 1. The highest BCUT2D eigenvalue weighted by Crippen LogP contribution is 2.38. The second kappa shape index (κ2) is 7.51. The van der Waals surface area contributed by atoms with Crippen LogP contribution < -0.4 is 10.1 Å². The number of hydrogen-bond donors (Lipinski definition) is 1. The van der Waals surface area contributed by atoms with Crippen molar-refractivity contribution in [3.05, 3.63) is 52.9 Å². The number of anilines is 1. The van der Waals surface area contributed by atoms with E-state index in [1.165, 1.54) is 11.8 Å². The molecule has 4 rings (SSSR count). The molecule has 1 N–H and O–H groups in total. The highest BCUT2D eigenvalue weighted by molar-refractivity contribution is 9.10. The Bertz CT molecular complexity index is 946. The standard InChI is InChI=1S/C18H15BrN4O2S/c1-2-26-18-21-17-16(22-23-18)13-10-11(19)5-7-14(13)20-15(25-17)8-6-12-4-3-9-24-12/h3-10,15,20H,2H2,1H3/b8-6+/t15-/m1/s1. The number of benzene rings is 1. The number of rotatable bonds is 4. The van der Waals surface area contributed by atoms with Gasteiger partial charge in [-0.05, 0) is 48.2 Å². The number of ether oxygens (including phenoxy) is 1. The lowest BCUT2D eigenvalue weighted by Crippen LogP contribution is -2.23. The van der Waals surface area contributed by atoms with Crippen molar-refractivity contribution in [2.75, 3.05) is 11.1 Å². The third kappa shape index (κ3) is 3.61. The van der Waals surface area contributed by atoms with E-state index < -0.39 is 6.23 Å². The largest absolute Gasteiger partial charge is 0.465 e. The summed E-state index contributed by atoms with van der Waals surface area (Å²) in [6.07, 6.45) is 4.96. The zero-order chi connectivity index (χ0) is 17.9. The molecule has 1 aliphatic heterocycles. The van der Waals surface area contributed by atoms with Gasteiger partial charge in [-0.25, -0.2) is 0 Å². The van der Waals surface area contributed by atoms with E-state index in [2.05, 4.69) is 36.4 Å². The number of hydrogen-bond acceptors (Lipinski definition) is 7. The summed E-state index contributed by atoms with van der Waals surface area (Å²) in [5, 5.41) is 12.5. The molecule has 132 valence electrons. The van der Waals surface area contributed by atoms with Gasteiger partial charge >= 0.3 is 0 Å². The fourth-order valence-corrected chi connectivity index (χ4v) is 3.40. The quantitative estimate of drug-likeness (QED) is 0.592. The van der Waals surface area contributed by atoms with Crippen LogP contribution in [0.1, 0.15) is 12.7 Å². The Kier molecular flexibility index (Phi) is 4.94.